The number of halogens is 1. The van der Waals surface area contributed by atoms with Gasteiger partial charge in [-0.1, -0.05) is 36.4 Å². The number of fused-ring (bicyclic) bond motifs is 1. The lowest BCUT2D eigenvalue weighted by molar-refractivity contribution is -0.128. The van der Waals surface area contributed by atoms with Gasteiger partial charge in [-0.05, 0) is 48.1 Å². The minimum Gasteiger partial charge on any atom is -0.361 e. The Bertz CT molecular complexity index is 1090. The van der Waals surface area contributed by atoms with Crippen molar-refractivity contribution in [3.8, 4) is 0 Å². The standard InChI is InChI=1S/C25H31N5O.HI/c1-18-9-10-22-20(16-28-23(22)14-18)11-12-27-25(26-2)29-15-19-6-3-4-7-21(19)17-30-13-5-8-24(30)31;/h3-4,6-7,9-10,14,16,28H,5,8,11-13,15,17H2,1-2H3,(H2,26,27,29);1H. The lowest BCUT2D eigenvalue weighted by Crippen LogP contribution is -2.38. The van der Waals surface area contributed by atoms with Gasteiger partial charge in [0.2, 0.25) is 5.91 Å². The Hall–Kier alpha value is -2.55. The van der Waals surface area contributed by atoms with Crippen molar-refractivity contribution in [3.05, 3.63) is 70.9 Å². The molecule has 6 nitrogen and oxygen atoms in total. The summed E-state index contributed by atoms with van der Waals surface area (Å²) in [5.41, 5.74) is 6.13. The van der Waals surface area contributed by atoms with Gasteiger partial charge in [-0.2, -0.15) is 0 Å². The maximum atomic E-state index is 12.0. The number of guanidine groups is 1. The molecular weight excluding hydrogens is 513 g/mol. The van der Waals surface area contributed by atoms with Gasteiger partial charge in [0, 0.05) is 56.7 Å². The van der Waals surface area contributed by atoms with Gasteiger partial charge in [-0.25, -0.2) is 0 Å². The van der Waals surface area contributed by atoms with Crippen LogP contribution in [0, 0.1) is 6.92 Å². The number of H-pyrrole nitrogens is 1. The van der Waals surface area contributed by atoms with Gasteiger partial charge in [-0.3, -0.25) is 9.79 Å². The van der Waals surface area contributed by atoms with E-state index in [9.17, 15) is 4.79 Å². The van der Waals surface area contributed by atoms with Gasteiger partial charge >= 0.3 is 0 Å². The van der Waals surface area contributed by atoms with Gasteiger partial charge in [0.25, 0.3) is 0 Å². The predicted molar refractivity (Wildman–Crippen MR) is 141 cm³/mol. The second-order valence-corrected chi connectivity index (χ2v) is 8.15. The van der Waals surface area contributed by atoms with Crippen molar-refractivity contribution in [2.75, 3.05) is 20.1 Å². The van der Waals surface area contributed by atoms with Crippen LogP contribution in [0.25, 0.3) is 10.9 Å². The molecule has 0 bridgehead atoms. The molecule has 0 saturated carbocycles. The number of hydrogen-bond donors (Lipinski definition) is 3. The van der Waals surface area contributed by atoms with E-state index in [4.69, 9.17) is 0 Å². The summed E-state index contributed by atoms with van der Waals surface area (Å²) in [6.07, 6.45) is 4.65. The van der Waals surface area contributed by atoms with Crippen LogP contribution >= 0.6 is 24.0 Å². The van der Waals surface area contributed by atoms with Crippen molar-refractivity contribution in [1.29, 1.82) is 0 Å². The number of rotatable bonds is 7. The maximum absolute atomic E-state index is 12.0. The van der Waals surface area contributed by atoms with Crippen LogP contribution in [0.4, 0.5) is 0 Å². The number of aliphatic imine (C=N–C) groups is 1. The lowest BCUT2D eigenvalue weighted by atomic mass is 10.1. The zero-order chi connectivity index (χ0) is 21.6. The molecule has 0 atom stereocenters. The second kappa shape index (κ2) is 11.4. The summed E-state index contributed by atoms with van der Waals surface area (Å²) in [5.74, 6) is 1.04. The number of carbonyl (C=O) groups excluding carboxylic acids is 1. The molecule has 1 aliphatic rings. The van der Waals surface area contributed by atoms with Gasteiger partial charge in [0.1, 0.15) is 0 Å². The second-order valence-electron chi connectivity index (χ2n) is 8.15. The first-order valence-electron chi connectivity index (χ1n) is 11.0. The SMILES string of the molecule is CN=C(NCCc1c[nH]c2cc(C)ccc12)NCc1ccccc1CN1CCCC1=O.I. The molecule has 32 heavy (non-hydrogen) atoms. The lowest BCUT2D eigenvalue weighted by Gasteiger charge is -2.19. The molecule has 1 saturated heterocycles. The zero-order valence-electron chi connectivity index (χ0n) is 18.8. The minimum atomic E-state index is 0. The van der Waals surface area contributed by atoms with Crippen LogP contribution in [0.3, 0.4) is 0 Å². The smallest absolute Gasteiger partial charge is 0.222 e. The molecule has 0 unspecified atom stereocenters. The summed E-state index contributed by atoms with van der Waals surface area (Å²) < 4.78 is 0. The van der Waals surface area contributed by atoms with Gasteiger partial charge in [-0.15, -0.1) is 24.0 Å². The molecule has 7 heteroatoms. The average Bonchev–Trinajstić information content (AvgIpc) is 3.37. The molecule has 2 heterocycles. The number of hydrogen-bond acceptors (Lipinski definition) is 2. The number of nitrogens with zero attached hydrogens (tertiary/aromatic N) is 2. The van der Waals surface area contributed by atoms with E-state index in [1.165, 1.54) is 33.2 Å². The van der Waals surface area contributed by atoms with E-state index < -0.39 is 0 Å². The van der Waals surface area contributed by atoms with Crippen molar-refractivity contribution < 1.29 is 4.79 Å². The van der Waals surface area contributed by atoms with Gasteiger partial charge < -0.3 is 20.5 Å². The van der Waals surface area contributed by atoms with E-state index in [1.807, 2.05) is 17.0 Å². The Labute approximate surface area is 206 Å². The molecule has 1 aliphatic heterocycles. The third kappa shape index (κ3) is 5.82. The van der Waals surface area contributed by atoms with Crippen LogP contribution in [0.15, 0.2) is 53.7 Å². The highest BCUT2D eigenvalue weighted by Crippen LogP contribution is 2.20. The molecule has 1 fully saturated rings. The summed E-state index contributed by atoms with van der Waals surface area (Å²) >= 11 is 0. The molecule has 2 aromatic carbocycles. The summed E-state index contributed by atoms with van der Waals surface area (Å²) in [4.78, 5) is 21.7. The van der Waals surface area contributed by atoms with E-state index in [1.54, 1.807) is 7.05 Å². The Morgan fingerprint density at radius 1 is 1.12 bits per heavy atom. The zero-order valence-corrected chi connectivity index (χ0v) is 21.1. The van der Waals surface area contributed by atoms with E-state index in [0.29, 0.717) is 19.5 Å². The highest BCUT2D eigenvalue weighted by atomic mass is 127. The van der Waals surface area contributed by atoms with E-state index >= 15 is 0 Å². The summed E-state index contributed by atoms with van der Waals surface area (Å²) in [6, 6.07) is 14.8. The topological polar surface area (TPSA) is 72.5 Å². The first kappa shape index (κ1) is 24.1. The Morgan fingerprint density at radius 3 is 2.69 bits per heavy atom. The van der Waals surface area contributed by atoms with Crippen molar-refractivity contribution in [2.24, 2.45) is 4.99 Å². The van der Waals surface area contributed by atoms with Crippen LogP contribution in [-0.4, -0.2) is 41.9 Å². The fraction of sp³-hybridized carbons (Fsp3) is 0.360. The molecule has 0 spiro atoms. The van der Waals surface area contributed by atoms with Crippen LogP contribution < -0.4 is 10.6 Å². The first-order valence-corrected chi connectivity index (χ1v) is 11.0. The fourth-order valence-corrected chi connectivity index (χ4v) is 4.18. The van der Waals surface area contributed by atoms with E-state index in [2.05, 4.69) is 64.1 Å². The number of aromatic amines is 1. The average molecular weight is 545 g/mol. The quantitative estimate of drug-likeness (QED) is 0.238. The van der Waals surface area contributed by atoms with Crippen molar-refractivity contribution >= 4 is 46.7 Å². The van der Waals surface area contributed by atoms with Crippen LogP contribution in [-0.2, 0) is 24.3 Å². The van der Waals surface area contributed by atoms with Crippen LogP contribution in [0.1, 0.15) is 35.1 Å². The number of nitrogens with one attached hydrogen (secondary N) is 3. The van der Waals surface area contributed by atoms with E-state index in [-0.39, 0.29) is 29.9 Å². The molecule has 1 aromatic heterocycles. The first-order chi connectivity index (χ1) is 15.1. The highest BCUT2D eigenvalue weighted by molar-refractivity contribution is 14.0. The monoisotopic (exact) mass is 545 g/mol. The minimum absolute atomic E-state index is 0. The van der Waals surface area contributed by atoms with Crippen LogP contribution in [0.2, 0.25) is 0 Å². The number of aryl methyl sites for hydroxylation is 1. The van der Waals surface area contributed by atoms with E-state index in [0.717, 1.165) is 31.9 Å². The third-order valence-corrected chi connectivity index (χ3v) is 5.93. The number of aromatic nitrogens is 1. The largest absolute Gasteiger partial charge is 0.361 e. The van der Waals surface area contributed by atoms with Crippen molar-refractivity contribution in [1.82, 2.24) is 20.5 Å². The Kier molecular flexibility index (Phi) is 8.55. The molecular formula is C25H32IN5O. The summed E-state index contributed by atoms with van der Waals surface area (Å²) in [5, 5.41) is 8.11. The molecule has 170 valence electrons. The molecule has 4 rings (SSSR count). The molecule has 3 N–H and O–H groups in total. The molecule has 3 aromatic rings. The third-order valence-electron chi connectivity index (χ3n) is 5.93. The van der Waals surface area contributed by atoms with Crippen molar-refractivity contribution in [3.63, 3.8) is 0 Å². The van der Waals surface area contributed by atoms with Crippen molar-refractivity contribution in [2.45, 2.75) is 39.3 Å². The number of likely N-dealkylation sites (tertiary alicyclic amines) is 1. The maximum Gasteiger partial charge on any atom is 0.222 e. The highest BCUT2D eigenvalue weighted by Gasteiger charge is 2.20. The Balaban J connectivity index is 0.00000289. The predicted octanol–water partition coefficient (Wildman–Crippen LogP) is 4.12. The molecule has 1 amide bonds. The number of benzene rings is 2. The van der Waals surface area contributed by atoms with Gasteiger partial charge in [0.05, 0.1) is 0 Å². The number of amides is 1. The molecule has 0 aliphatic carbocycles. The fourth-order valence-electron chi connectivity index (χ4n) is 4.18. The van der Waals surface area contributed by atoms with Crippen LogP contribution in [0.5, 0.6) is 0 Å². The number of carbonyl (C=O) groups is 1. The summed E-state index contributed by atoms with van der Waals surface area (Å²) in [7, 11) is 1.79. The molecule has 0 radical (unpaired) electrons. The van der Waals surface area contributed by atoms with Gasteiger partial charge in [0.15, 0.2) is 5.96 Å². The normalized spacial score (nSPS) is 14.0. The summed E-state index contributed by atoms with van der Waals surface area (Å²) in [6.45, 7) is 5.12. The Morgan fingerprint density at radius 2 is 1.94 bits per heavy atom.